The summed E-state index contributed by atoms with van der Waals surface area (Å²) < 4.78 is 27.4. The predicted octanol–water partition coefficient (Wildman–Crippen LogP) is 3.73. The van der Waals surface area contributed by atoms with E-state index in [-0.39, 0.29) is 4.90 Å². The number of halogens is 1. The monoisotopic (exact) mass is 448 g/mol. The fraction of sp³-hybridized carbons (Fsp3) is 0.400. The molecule has 0 saturated carbocycles. The zero-order valence-electron chi connectivity index (χ0n) is 15.8. The lowest BCUT2D eigenvalue weighted by atomic mass is 9.97. The van der Waals surface area contributed by atoms with E-state index >= 15 is 0 Å². The summed E-state index contributed by atoms with van der Waals surface area (Å²) in [5.41, 5.74) is 1.41. The van der Waals surface area contributed by atoms with Crippen molar-refractivity contribution in [1.29, 1.82) is 0 Å². The Labute approximate surface area is 179 Å². The third-order valence-electron chi connectivity index (χ3n) is 5.72. The van der Waals surface area contributed by atoms with Crippen LogP contribution in [0.25, 0.3) is 10.2 Å². The number of piperazine rings is 1. The van der Waals surface area contributed by atoms with Crippen LogP contribution in [0, 0.1) is 0 Å². The van der Waals surface area contributed by atoms with Crippen molar-refractivity contribution in [2.24, 2.45) is 0 Å². The van der Waals surface area contributed by atoms with Gasteiger partial charge in [0.15, 0.2) is 0 Å². The fourth-order valence-electron chi connectivity index (χ4n) is 4.21. The first-order valence-corrected chi connectivity index (χ1v) is 12.4. The van der Waals surface area contributed by atoms with Gasteiger partial charge < -0.3 is 4.90 Å². The van der Waals surface area contributed by atoms with Crippen molar-refractivity contribution in [3.8, 4) is 0 Å². The van der Waals surface area contributed by atoms with Gasteiger partial charge in [-0.15, -0.1) is 11.3 Å². The van der Waals surface area contributed by atoms with Gasteiger partial charge >= 0.3 is 0 Å². The molecule has 0 atom stereocenters. The van der Waals surface area contributed by atoms with Crippen LogP contribution in [0.5, 0.6) is 0 Å². The Morgan fingerprint density at radius 2 is 1.69 bits per heavy atom. The number of rotatable bonds is 3. The number of aromatic nitrogens is 2. The smallest absolute Gasteiger partial charge is 0.243 e. The molecule has 0 bridgehead atoms. The molecule has 0 N–H and O–H groups in total. The normalized spacial score (nSPS) is 18.2. The van der Waals surface area contributed by atoms with Gasteiger partial charge in [0.2, 0.25) is 10.0 Å². The third-order valence-corrected chi connectivity index (χ3v) is 9.09. The van der Waals surface area contributed by atoms with Gasteiger partial charge in [0.1, 0.15) is 17.0 Å². The fourth-order valence-corrected chi connectivity index (χ4v) is 6.98. The van der Waals surface area contributed by atoms with Crippen LogP contribution >= 0.6 is 22.9 Å². The Morgan fingerprint density at radius 1 is 0.966 bits per heavy atom. The van der Waals surface area contributed by atoms with Crippen molar-refractivity contribution < 1.29 is 8.42 Å². The zero-order chi connectivity index (χ0) is 20.0. The van der Waals surface area contributed by atoms with Crippen LogP contribution in [0.2, 0.25) is 5.02 Å². The molecule has 2 aromatic heterocycles. The van der Waals surface area contributed by atoms with Crippen LogP contribution in [-0.4, -0.2) is 48.9 Å². The highest BCUT2D eigenvalue weighted by Gasteiger charge is 2.30. The average molecular weight is 449 g/mol. The van der Waals surface area contributed by atoms with E-state index in [1.165, 1.54) is 28.7 Å². The number of hydrogen-bond acceptors (Lipinski definition) is 6. The molecule has 9 heteroatoms. The van der Waals surface area contributed by atoms with Gasteiger partial charge in [0.05, 0.1) is 10.3 Å². The van der Waals surface area contributed by atoms with Crippen molar-refractivity contribution in [3.05, 3.63) is 46.1 Å². The van der Waals surface area contributed by atoms with Gasteiger partial charge in [-0.3, -0.25) is 0 Å². The number of hydrogen-bond donors (Lipinski definition) is 0. The van der Waals surface area contributed by atoms with E-state index in [9.17, 15) is 8.42 Å². The van der Waals surface area contributed by atoms with Crippen molar-refractivity contribution in [1.82, 2.24) is 14.3 Å². The highest BCUT2D eigenvalue weighted by molar-refractivity contribution is 7.89. The van der Waals surface area contributed by atoms with Crippen LogP contribution < -0.4 is 4.90 Å². The highest BCUT2D eigenvalue weighted by atomic mass is 35.5. The van der Waals surface area contributed by atoms with E-state index in [0.29, 0.717) is 31.2 Å². The van der Waals surface area contributed by atoms with Crippen LogP contribution in [0.1, 0.15) is 23.3 Å². The minimum absolute atomic E-state index is 0.284. The molecule has 1 aliphatic carbocycles. The third kappa shape index (κ3) is 3.42. The Bertz CT molecular complexity index is 1150. The van der Waals surface area contributed by atoms with Crippen molar-refractivity contribution >= 4 is 49.0 Å². The molecule has 0 unspecified atom stereocenters. The van der Waals surface area contributed by atoms with Crippen molar-refractivity contribution in [2.45, 2.75) is 30.6 Å². The van der Waals surface area contributed by atoms with Crippen LogP contribution in [0.4, 0.5) is 5.82 Å². The second kappa shape index (κ2) is 7.50. The summed E-state index contributed by atoms with van der Waals surface area (Å²) in [5, 5.41) is 1.71. The van der Waals surface area contributed by atoms with Gasteiger partial charge in [-0.2, -0.15) is 4.31 Å². The number of sulfonamides is 1. The van der Waals surface area contributed by atoms with E-state index in [1.807, 2.05) is 0 Å². The van der Waals surface area contributed by atoms with E-state index < -0.39 is 10.0 Å². The molecule has 6 nitrogen and oxygen atoms in total. The molecule has 152 valence electrons. The van der Waals surface area contributed by atoms with Crippen molar-refractivity contribution in [3.63, 3.8) is 0 Å². The summed E-state index contributed by atoms with van der Waals surface area (Å²) in [6.45, 7) is 2.10. The Hall–Kier alpha value is -1.74. The molecule has 1 saturated heterocycles. The molecule has 0 spiro atoms. The Morgan fingerprint density at radius 3 is 2.45 bits per heavy atom. The second-order valence-electron chi connectivity index (χ2n) is 7.43. The number of nitrogens with zero attached hydrogens (tertiary/aromatic N) is 4. The average Bonchev–Trinajstić information content (AvgIpc) is 3.13. The van der Waals surface area contributed by atoms with Crippen LogP contribution in [0.15, 0.2) is 35.5 Å². The van der Waals surface area contributed by atoms with Gasteiger partial charge in [-0.1, -0.05) is 11.6 Å². The highest BCUT2D eigenvalue weighted by Crippen LogP contribution is 2.39. The quantitative estimate of drug-likeness (QED) is 0.610. The molecule has 5 rings (SSSR count). The number of fused-ring (bicyclic) bond motifs is 3. The maximum atomic E-state index is 12.9. The van der Waals surface area contributed by atoms with E-state index in [1.54, 1.807) is 46.2 Å². The molecule has 1 aliphatic heterocycles. The Kier molecular flexibility index (Phi) is 4.98. The molecule has 0 amide bonds. The van der Waals surface area contributed by atoms with Gasteiger partial charge in [0.25, 0.3) is 0 Å². The standard InChI is InChI=1S/C20H21ClN4O2S2/c21-14-5-7-15(8-6-14)29(26,27)25-11-9-24(10-12-25)19-18-16-3-1-2-4-17(16)28-20(18)23-13-22-19/h5-8,13H,1-4,9-12H2. The SMILES string of the molecule is O=S(=O)(c1ccc(Cl)cc1)N1CCN(c2ncnc3sc4c(c23)CCCC4)CC1. The molecule has 3 aromatic rings. The lowest BCUT2D eigenvalue weighted by Crippen LogP contribution is -2.49. The summed E-state index contributed by atoms with van der Waals surface area (Å²) in [5.74, 6) is 0.956. The largest absolute Gasteiger partial charge is 0.353 e. The summed E-state index contributed by atoms with van der Waals surface area (Å²) >= 11 is 7.68. The number of benzene rings is 1. The molecule has 1 aromatic carbocycles. The second-order valence-corrected chi connectivity index (χ2v) is 10.9. The van der Waals surface area contributed by atoms with E-state index in [0.717, 1.165) is 23.5 Å². The molecular weight excluding hydrogens is 428 g/mol. The maximum Gasteiger partial charge on any atom is 0.243 e. The van der Waals surface area contributed by atoms with Crippen LogP contribution in [-0.2, 0) is 22.9 Å². The van der Waals surface area contributed by atoms with Crippen LogP contribution in [0.3, 0.4) is 0 Å². The van der Waals surface area contributed by atoms with Gasteiger partial charge in [-0.25, -0.2) is 18.4 Å². The number of anilines is 1. The zero-order valence-corrected chi connectivity index (χ0v) is 18.2. The van der Waals surface area contributed by atoms with E-state index in [2.05, 4.69) is 14.9 Å². The topological polar surface area (TPSA) is 66.4 Å². The molecule has 29 heavy (non-hydrogen) atoms. The molecular formula is C20H21ClN4O2S2. The van der Waals surface area contributed by atoms with Gasteiger partial charge in [0, 0.05) is 36.1 Å². The minimum Gasteiger partial charge on any atom is -0.353 e. The minimum atomic E-state index is -3.51. The summed E-state index contributed by atoms with van der Waals surface area (Å²) in [6.07, 6.45) is 6.30. The molecule has 2 aliphatic rings. The molecule has 0 radical (unpaired) electrons. The predicted molar refractivity (Wildman–Crippen MR) is 116 cm³/mol. The summed E-state index contributed by atoms with van der Waals surface area (Å²) in [6, 6.07) is 6.36. The van der Waals surface area contributed by atoms with E-state index in [4.69, 9.17) is 11.6 Å². The number of thiophene rings is 1. The summed E-state index contributed by atoms with van der Waals surface area (Å²) in [4.78, 5) is 14.1. The first-order chi connectivity index (χ1) is 14.0. The first-order valence-electron chi connectivity index (χ1n) is 9.80. The Balaban J connectivity index is 1.40. The number of aryl methyl sites for hydroxylation is 2. The maximum absolute atomic E-state index is 12.9. The molecule has 1 fully saturated rings. The first kappa shape index (κ1) is 19.2. The van der Waals surface area contributed by atoms with Crippen molar-refractivity contribution in [2.75, 3.05) is 31.1 Å². The lowest BCUT2D eigenvalue weighted by Gasteiger charge is -2.35. The summed E-state index contributed by atoms with van der Waals surface area (Å²) in [7, 11) is -3.51. The van der Waals surface area contributed by atoms with Gasteiger partial charge in [-0.05, 0) is 55.5 Å². The molecule has 3 heterocycles. The lowest BCUT2D eigenvalue weighted by molar-refractivity contribution is 0.384.